The van der Waals surface area contributed by atoms with Gasteiger partial charge in [0.15, 0.2) is 0 Å². The third-order valence-electron chi connectivity index (χ3n) is 3.75. The highest BCUT2D eigenvalue weighted by atomic mass is 19.1. The highest BCUT2D eigenvalue weighted by Crippen LogP contribution is 2.27. The molecule has 1 aliphatic heterocycles. The molecule has 1 atom stereocenters. The van der Waals surface area contributed by atoms with Crippen LogP contribution in [0.5, 0.6) is 0 Å². The summed E-state index contributed by atoms with van der Waals surface area (Å²) in [7, 11) is 1.57. The second kappa shape index (κ2) is 6.11. The van der Waals surface area contributed by atoms with Crippen LogP contribution in [0.3, 0.4) is 0 Å². The second-order valence-electron chi connectivity index (χ2n) is 5.28. The SMILES string of the molecule is CN1C(=O)[C@H](NC(N)=O)N=C(c2ccccc2F)c2ccccc21. The molecule has 6 nitrogen and oxygen atoms in total. The molecule has 3 N–H and O–H groups in total. The Labute approximate surface area is 137 Å². The summed E-state index contributed by atoms with van der Waals surface area (Å²) in [5.41, 5.74) is 6.81. The van der Waals surface area contributed by atoms with Gasteiger partial charge in [-0.25, -0.2) is 14.2 Å². The Morgan fingerprint density at radius 1 is 1.17 bits per heavy atom. The van der Waals surface area contributed by atoms with Crippen LogP contribution in [0.25, 0.3) is 0 Å². The van der Waals surface area contributed by atoms with E-state index in [1.54, 1.807) is 49.5 Å². The third kappa shape index (κ3) is 2.71. The quantitative estimate of drug-likeness (QED) is 0.878. The van der Waals surface area contributed by atoms with E-state index in [4.69, 9.17) is 5.73 Å². The van der Waals surface area contributed by atoms with Crippen molar-refractivity contribution in [3.63, 3.8) is 0 Å². The zero-order valence-corrected chi connectivity index (χ0v) is 12.9. The number of nitrogens with two attached hydrogens (primary N) is 1. The molecule has 0 aliphatic carbocycles. The predicted molar refractivity (Wildman–Crippen MR) is 88.4 cm³/mol. The van der Waals surface area contributed by atoms with Gasteiger partial charge in [0.1, 0.15) is 5.82 Å². The Morgan fingerprint density at radius 2 is 1.79 bits per heavy atom. The van der Waals surface area contributed by atoms with Gasteiger partial charge in [-0.05, 0) is 18.2 Å². The molecule has 3 rings (SSSR count). The summed E-state index contributed by atoms with van der Waals surface area (Å²) in [6.07, 6.45) is -1.23. The van der Waals surface area contributed by atoms with Crippen LogP contribution < -0.4 is 16.0 Å². The minimum atomic E-state index is -1.23. The Balaban J connectivity index is 2.25. The van der Waals surface area contributed by atoms with E-state index in [-0.39, 0.29) is 11.3 Å². The van der Waals surface area contributed by atoms with Crippen molar-refractivity contribution in [1.82, 2.24) is 5.32 Å². The summed E-state index contributed by atoms with van der Waals surface area (Å²) >= 11 is 0. The maximum absolute atomic E-state index is 14.3. The summed E-state index contributed by atoms with van der Waals surface area (Å²) in [6.45, 7) is 0. The number of para-hydroxylation sites is 1. The first-order valence-corrected chi connectivity index (χ1v) is 7.24. The number of primary amides is 1. The molecule has 3 amide bonds. The van der Waals surface area contributed by atoms with E-state index >= 15 is 0 Å². The first kappa shape index (κ1) is 15.7. The van der Waals surface area contributed by atoms with Gasteiger partial charge in [0.05, 0.1) is 11.4 Å². The molecular weight excluding hydrogens is 311 g/mol. The number of halogens is 1. The fraction of sp³-hybridized carbons (Fsp3) is 0.118. The van der Waals surface area contributed by atoms with E-state index in [2.05, 4.69) is 10.3 Å². The Hall–Kier alpha value is -3.22. The summed E-state index contributed by atoms with van der Waals surface area (Å²) in [4.78, 5) is 29.4. The highest BCUT2D eigenvalue weighted by Gasteiger charge is 2.31. The number of aliphatic imine (C=N–C) groups is 1. The van der Waals surface area contributed by atoms with Crippen LogP contribution in [-0.4, -0.2) is 30.9 Å². The lowest BCUT2D eigenvalue weighted by Gasteiger charge is -2.20. The van der Waals surface area contributed by atoms with E-state index in [0.29, 0.717) is 11.3 Å². The zero-order chi connectivity index (χ0) is 17.3. The number of anilines is 1. The molecule has 2 aromatic rings. The van der Waals surface area contributed by atoms with Crippen LogP contribution in [0.4, 0.5) is 14.9 Å². The molecule has 0 bridgehead atoms. The fourth-order valence-electron chi connectivity index (χ4n) is 2.62. The van der Waals surface area contributed by atoms with Crippen LogP contribution in [0.1, 0.15) is 11.1 Å². The number of carbonyl (C=O) groups is 2. The van der Waals surface area contributed by atoms with Gasteiger partial charge in [-0.15, -0.1) is 0 Å². The number of rotatable bonds is 2. The number of urea groups is 1. The lowest BCUT2D eigenvalue weighted by molar-refractivity contribution is -0.119. The van der Waals surface area contributed by atoms with E-state index in [1.165, 1.54) is 11.0 Å². The molecule has 0 fully saturated rings. The molecule has 7 heteroatoms. The van der Waals surface area contributed by atoms with E-state index < -0.39 is 23.9 Å². The van der Waals surface area contributed by atoms with Crippen molar-refractivity contribution in [3.8, 4) is 0 Å². The van der Waals surface area contributed by atoms with E-state index in [9.17, 15) is 14.0 Å². The summed E-state index contributed by atoms with van der Waals surface area (Å²) < 4.78 is 14.3. The monoisotopic (exact) mass is 326 g/mol. The zero-order valence-electron chi connectivity index (χ0n) is 12.9. The molecule has 24 heavy (non-hydrogen) atoms. The highest BCUT2D eigenvalue weighted by molar-refractivity contribution is 6.20. The maximum atomic E-state index is 14.3. The van der Waals surface area contributed by atoms with Crippen LogP contribution in [0.15, 0.2) is 53.5 Å². The standard InChI is InChI=1S/C17H15FN4O2/c1-22-13-9-5-3-7-11(13)14(10-6-2-4-8-12(10)18)20-15(16(22)23)21-17(19)24/h2-9,15H,1H3,(H3,19,21,24)/t15-/m0/s1. The van der Waals surface area contributed by atoms with E-state index in [0.717, 1.165) is 0 Å². The molecule has 0 unspecified atom stereocenters. The maximum Gasteiger partial charge on any atom is 0.314 e. The van der Waals surface area contributed by atoms with Crippen molar-refractivity contribution in [2.75, 3.05) is 11.9 Å². The topological polar surface area (TPSA) is 87.8 Å². The van der Waals surface area contributed by atoms with Crippen LogP contribution >= 0.6 is 0 Å². The number of nitrogens with one attached hydrogen (secondary N) is 1. The average molecular weight is 326 g/mol. The minimum absolute atomic E-state index is 0.240. The number of fused-ring (bicyclic) bond motifs is 1. The van der Waals surface area contributed by atoms with Gasteiger partial charge >= 0.3 is 6.03 Å². The van der Waals surface area contributed by atoms with Crippen molar-refractivity contribution >= 4 is 23.3 Å². The Morgan fingerprint density at radius 3 is 2.46 bits per heavy atom. The minimum Gasteiger partial charge on any atom is -0.352 e. The lowest BCUT2D eigenvalue weighted by Crippen LogP contribution is -2.47. The lowest BCUT2D eigenvalue weighted by atomic mass is 10.00. The molecule has 0 radical (unpaired) electrons. The number of carbonyl (C=O) groups excluding carboxylic acids is 2. The largest absolute Gasteiger partial charge is 0.352 e. The summed E-state index contributed by atoms with van der Waals surface area (Å²) in [5, 5.41) is 2.29. The molecule has 0 saturated heterocycles. The number of likely N-dealkylation sites (N-methyl/N-ethyl adjacent to an activating group) is 1. The third-order valence-corrected chi connectivity index (χ3v) is 3.75. The number of benzodiazepines with no additional fused rings is 1. The molecule has 0 spiro atoms. The van der Waals surface area contributed by atoms with Gasteiger partial charge in [-0.2, -0.15) is 0 Å². The van der Waals surface area contributed by atoms with Gasteiger partial charge in [-0.3, -0.25) is 4.79 Å². The van der Waals surface area contributed by atoms with Crippen LogP contribution in [-0.2, 0) is 4.79 Å². The fourth-order valence-corrected chi connectivity index (χ4v) is 2.62. The first-order chi connectivity index (χ1) is 11.5. The van der Waals surface area contributed by atoms with Gasteiger partial charge in [0, 0.05) is 18.2 Å². The molecule has 1 heterocycles. The number of hydrogen-bond donors (Lipinski definition) is 2. The Bertz CT molecular complexity index is 850. The van der Waals surface area contributed by atoms with Crippen molar-refractivity contribution in [3.05, 3.63) is 65.5 Å². The molecule has 1 aliphatic rings. The van der Waals surface area contributed by atoms with Gasteiger partial charge < -0.3 is 16.0 Å². The van der Waals surface area contributed by atoms with Gasteiger partial charge in [-0.1, -0.05) is 30.3 Å². The number of nitrogens with zero attached hydrogens (tertiary/aromatic N) is 2. The molecule has 2 aromatic carbocycles. The normalized spacial score (nSPS) is 16.9. The number of amides is 3. The molecule has 122 valence electrons. The smallest absolute Gasteiger partial charge is 0.314 e. The van der Waals surface area contributed by atoms with Crippen molar-refractivity contribution in [1.29, 1.82) is 0 Å². The van der Waals surface area contributed by atoms with Gasteiger partial charge in [0.25, 0.3) is 5.91 Å². The van der Waals surface area contributed by atoms with Crippen molar-refractivity contribution < 1.29 is 14.0 Å². The van der Waals surface area contributed by atoms with Crippen molar-refractivity contribution in [2.24, 2.45) is 10.7 Å². The predicted octanol–water partition coefficient (Wildman–Crippen LogP) is 1.63. The summed E-state index contributed by atoms with van der Waals surface area (Å²) in [6, 6.07) is 12.3. The van der Waals surface area contributed by atoms with Gasteiger partial charge in [0.2, 0.25) is 6.17 Å². The van der Waals surface area contributed by atoms with E-state index in [1.807, 2.05) is 0 Å². The molecular formula is C17H15FN4O2. The Kier molecular flexibility index (Phi) is 3.99. The summed E-state index contributed by atoms with van der Waals surface area (Å²) in [5.74, 6) is -0.937. The van der Waals surface area contributed by atoms with Crippen molar-refractivity contribution in [2.45, 2.75) is 6.17 Å². The number of hydrogen-bond acceptors (Lipinski definition) is 3. The second-order valence-corrected chi connectivity index (χ2v) is 5.28. The number of benzene rings is 2. The van der Waals surface area contributed by atoms with Crippen LogP contribution in [0.2, 0.25) is 0 Å². The molecule has 0 aromatic heterocycles. The molecule has 0 saturated carbocycles. The van der Waals surface area contributed by atoms with Crippen LogP contribution in [0, 0.1) is 5.82 Å². The first-order valence-electron chi connectivity index (χ1n) is 7.24. The average Bonchev–Trinajstić information content (AvgIpc) is 2.66.